The van der Waals surface area contributed by atoms with Crippen LogP contribution >= 0.6 is 0 Å². The Morgan fingerprint density at radius 1 is 1.44 bits per heavy atom. The van der Waals surface area contributed by atoms with Crippen LogP contribution in [0.25, 0.3) is 0 Å². The van der Waals surface area contributed by atoms with E-state index in [1.165, 1.54) is 0 Å². The van der Waals surface area contributed by atoms with E-state index in [0.29, 0.717) is 6.54 Å². The van der Waals surface area contributed by atoms with Gasteiger partial charge in [0.25, 0.3) is 0 Å². The van der Waals surface area contributed by atoms with E-state index in [2.05, 4.69) is 5.32 Å². The molecule has 1 amide bonds. The van der Waals surface area contributed by atoms with Crippen LogP contribution in [0.4, 0.5) is 5.69 Å². The summed E-state index contributed by atoms with van der Waals surface area (Å²) in [7, 11) is 0. The highest BCUT2D eigenvalue weighted by Crippen LogP contribution is 2.21. The average Bonchev–Trinajstić information content (AvgIpc) is 2.52. The van der Waals surface area contributed by atoms with E-state index >= 15 is 0 Å². The van der Waals surface area contributed by atoms with Crippen LogP contribution in [0, 0.1) is 12.8 Å². The monoisotopic (exact) mass is 248 g/mol. The Hall–Kier alpha value is -2.04. The fourth-order valence-electron chi connectivity index (χ4n) is 2.13. The zero-order valence-corrected chi connectivity index (χ0v) is 10.2. The van der Waals surface area contributed by atoms with Crippen molar-refractivity contribution in [3.63, 3.8) is 0 Å². The van der Waals surface area contributed by atoms with Gasteiger partial charge in [0.15, 0.2) is 0 Å². The van der Waals surface area contributed by atoms with Crippen LogP contribution in [0.2, 0.25) is 0 Å². The average molecular weight is 248 g/mol. The first-order chi connectivity index (χ1) is 8.58. The van der Waals surface area contributed by atoms with Gasteiger partial charge in [0.05, 0.1) is 12.5 Å². The van der Waals surface area contributed by atoms with Gasteiger partial charge in [-0.3, -0.25) is 9.59 Å². The predicted octanol–water partition coefficient (Wildman–Crippen LogP) is 0.632. The van der Waals surface area contributed by atoms with Gasteiger partial charge >= 0.3 is 5.97 Å². The first-order valence-electron chi connectivity index (χ1n) is 5.88. The second kappa shape index (κ2) is 5.08. The van der Waals surface area contributed by atoms with Crippen LogP contribution in [0.3, 0.4) is 0 Å². The number of carbonyl (C=O) groups is 2. The molecule has 1 aromatic carbocycles. The number of benzene rings is 1. The van der Waals surface area contributed by atoms with Crippen LogP contribution in [0.5, 0.6) is 0 Å². The van der Waals surface area contributed by atoms with E-state index in [0.717, 1.165) is 11.3 Å². The van der Waals surface area contributed by atoms with Crippen molar-refractivity contribution in [1.29, 1.82) is 0 Å². The molecule has 5 heteroatoms. The van der Waals surface area contributed by atoms with E-state index in [1.807, 2.05) is 36.1 Å². The molecule has 0 aromatic heterocycles. The quantitative estimate of drug-likeness (QED) is 0.805. The summed E-state index contributed by atoms with van der Waals surface area (Å²) >= 11 is 0. The van der Waals surface area contributed by atoms with Crippen LogP contribution in [0.1, 0.15) is 5.56 Å². The summed E-state index contributed by atoms with van der Waals surface area (Å²) in [5, 5.41) is 11.7. The largest absolute Gasteiger partial charge is 0.481 e. The van der Waals surface area contributed by atoms with E-state index in [4.69, 9.17) is 5.11 Å². The predicted molar refractivity (Wildman–Crippen MR) is 67.5 cm³/mol. The minimum atomic E-state index is -0.879. The highest BCUT2D eigenvalue weighted by atomic mass is 16.4. The number of carboxylic acids is 1. The summed E-state index contributed by atoms with van der Waals surface area (Å²) in [4.78, 5) is 24.5. The number of aliphatic carboxylic acids is 1. The molecule has 2 N–H and O–H groups in total. The van der Waals surface area contributed by atoms with Crippen molar-refractivity contribution in [2.24, 2.45) is 5.92 Å². The number of anilines is 1. The third-order valence-corrected chi connectivity index (χ3v) is 3.13. The molecule has 2 rings (SSSR count). The summed E-state index contributed by atoms with van der Waals surface area (Å²) in [6, 6.07) is 7.67. The molecule has 1 fully saturated rings. The van der Waals surface area contributed by atoms with Crippen molar-refractivity contribution in [3.05, 3.63) is 29.8 Å². The fourth-order valence-corrected chi connectivity index (χ4v) is 2.13. The fraction of sp³-hybridized carbons (Fsp3) is 0.385. The maximum atomic E-state index is 11.6. The minimum absolute atomic E-state index is 0.137. The van der Waals surface area contributed by atoms with Gasteiger partial charge in [0.1, 0.15) is 0 Å². The number of nitrogens with one attached hydrogen (secondary N) is 1. The molecule has 0 spiro atoms. The molecule has 18 heavy (non-hydrogen) atoms. The van der Waals surface area contributed by atoms with Crippen LogP contribution in [-0.2, 0) is 9.59 Å². The highest BCUT2D eigenvalue weighted by molar-refractivity contribution is 5.84. The number of amides is 1. The zero-order chi connectivity index (χ0) is 13.1. The van der Waals surface area contributed by atoms with Crippen LogP contribution in [0.15, 0.2) is 24.3 Å². The Morgan fingerprint density at radius 2 is 2.17 bits per heavy atom. The summed E-state index contributed by atoms with van der Waals surface area (Å²) in [5.41, 5.74) is 1.96. The lowest BCUT2D eigenvalue weighted by molar-refractivity contribution is -0.141. The molecule has 1 atom stereocenters. The van der Waals surface area contributed by atoms with Gasteiger partial charge in [-0.2, -0.15) is 0 Å². The van der Waals surface area contributed by atoms with Crippen LogP contribution in [-0.4, -0.2) is 36.6 Å². The van der Waals surface area contributed by atoms with Gasteiger partial charge in [-0.25, -0.2) is 0 Å². The first kappa shape index (κ1) is 12.4. The Balaban J connectivity index is 2.27. The smallest absolute Gasteiger partial charge is 0.310 e. The number of para-hydroxylation sites is 1. The highest BCUT2D eigenvalue weighted by Gasteiger charge is 2.27. The standard InChI is InChI=1S/C13H16N2O3/c1-9-4-2-3-5-11(9)15-7-10(13(17)18)6-14-12(16)8-15/h2-5,10H,6-8H2,1H3,(H,14,16)(H,17,18). The van der Waals surface area contributed by atoms with Crippen molar-refractivity contribution < 1.29 is 14.7 Å². The van der Waals surface area contributed by atoms with E-state index in [9.17, 15) is 9.59 Å². The van der Waals surface area contributed by atoms with Crippen molar-refractivity contribution >= 4 is 17.6 Å². The van der Waals surface area contributed by atoms with Crippen molar-refractivity contribution in [1.82, 2.24) is 5.32 Å². The number of nitrogens with zero attached hydrogens (tertiary/aromatic N) is 1. The first-order valence-corrected chi connectivity index (χ1v) is 5.88. The molecule has 1 saturated heterocycles. The molecule has 1 unspecified atom stereocenters. The van der Waals surface area contributed by atoms with Gasteiger partial charge in [-0.15, -0.1) is 0 Å². The van der Waals surface area contributed by atoms with Crippen molar-refractivity contribution in [3.8, 4) is 0 Å². The molecular weight excluding hydrogens is 232 g/mol. The number of hydrogen-bond acceptors (Lipinski definition) is 3. The zero-order valence-electron chi connectivity index (χ0n) is 10.2. The molecule has 5 nitrogen and oxygen atoms in total. The third-order valence-electron chi connectivity index (χ3n) is 3.13. The number of hydrogen-bond donors (Lipinski definition) is 2. The molecule has 0 saturated carbocycles. The van der Waals surface area contributed by atoms with Gasteiger partial charge in [-0.05, 0) is 18.6 Å². The minimum Gasteiger partial charge on any atom is -0.481 e. The Kier molecular flexibility index (Phi) is 3.50. The lowest BCUT2D eigenvalue weighted by Crippen LogP contribution is -2.34. The van der Waals surface area contributed by atoms with Gasteiger partial charge in [0, 0.05) is 18.8 Å². The molecule has 96 valence electrons. The summed E-state index contributed by atoms with van der Waals surface area (Å²) in [6.07, 6.45) is 0. The Morgan fingerprint density at radius 3 is 2.83 bits per heavy atom. The lowest BCUT2D eigenvalue weighted by Gasteiger charge is -2.25. The molecule has 1 heterocycles. The molecule has 0 bridgehead atoms. The Labute approximate surface area is 105 Å². The molecule has 0 radical (unpaired) electrons. The van der Waals surface area contributed by atoms with E-state index < -0.39 is 11.9 Å². The van der Waals surface area contributed by atoms with Crippen molar-refractivity contribution in [2.75, 3.05) is 24.5 Å². The number of rotatable bonds is 2. The number of aryl methyl sites for hydroxylation is 1. The van der Waals surface area contributed by atoms with Crippen molar-refractivity contribution in [2.45, 2.75) is 6.92 Å². The molecule has 1 aromatic rings. The van der Waals surface area contributed by atoms with Gasteiger partial charge < -0.3 is 15.3 Å². The van der Waals surface area contributed by atoms with Crippen LogP contribution < -0.4 is 10.2 Å². The van der Waals surface area contributed by atoms with E-state index in [1.54, 1.807) is 0 Å². The molecule has 1 aliphatic rings. The second-order valence-corrected chi connectivity index (χ2v) is 4.51. The maximum Gasteiger partial charge on any atom is 0.310 e. The maximum absolute atomic E-state index is 11.6. The Bertz CT molecular complexity index is 473. The molecule has 0 aliphatic carbocycles. The topological polar surface area (TPSA) is 69.6 Å². The normalized spacial score (nSPS) is 20.2. The SMILES string of the molecule is Cc1ccccc1N1CC(=O)NCC(C(=O)O)C1. The number of carbonyl (C=O) groups excluding carboxylic acids is 1. The summed E-state index contributed by atoms with van der Waals surface area (Å²) in [6.45, 7) is 2.69. The summed E-state index contributed by atoms with van der Waals surface area (Å²) < 4.78 is 0. The molecule has 1 aliphatic heterocycles. The van der Waals surface area contributed by atoms with Gasteiger partial charge in [-0.1, -0.05) is 18.2 Å². The lowest BCUT2D eigenvalue weighted by atomic mass is 10.1. The number of carboxylic acid groups (broad SMARTS) is 1. The van der Waals surface area contributed by atoms with E-state index in [-0.39, 0.29) is 19.0 Å². The molecular formula is C13H16N2O3. The summed E-state index contributed by atoms with van der Waals surface area (Å²) in [5.74, 6) is -1.59. The van der Waals surface area contributed by atoms with Gasteiger partial charge in [0.2, 0.25) is 5.91 Å². The second-order valence-electron chi connectivity index (χ2n) is 4.51. The third kappa shape index (κ3) is 2.61.